The lowest BCUT2D eigenvalue weighted by molar-refractivity contribution is 0.204. The van der Waals surface area contributed by atoms with Crippen LogP contribution >= 0.6 is 38.9 Å². The molecule has 0 N–H and O–H groups in total. The van der Waals surface area contributed by atoms with Gasteiger partial charge in [0.05, 0.1) is 16.9 Å². The van der Waals surface area contributed by atoms with E-state index in [1.165, 1.54) is 16.9 Å². The number of benzene rings is 2. The molecule has 1 unspecified atom stereocenters. The molecule has 4 rings (SSSR count). The minimum absolute atomic E-state index is 0.0761. The van der Waals surface area contributed by atoms with Gasteiger partial charge in [-0.1, -0.05) is 51.0 Å². The molecule has 1 aliphatic rings. The molecule has 2 aromatic carbocycles. The van der Waals surface area contributed by atoms with Crippen molar-refractivity contribution in [3.8, 4) is 0 Å². The molecule has 1 atom stereocenters. The van der Waals surface area contributed by atoms with Crippen LogP contribution < -0.4 is 4.87 Å². The van der Waals surface area contributed by atoms with Crippen LogP contribution in [0.2, 0.25) is 5.02 Å². The summed E-state index contributed by atoms with van der Waals surface area (Å²) in [6, 6.07) is 14.5. The van der Waals surface area contributed by atoms with Crippen LogP contribution in [-0.2, 0) is 6.67 Å². The highest BCUT2D eigenvalue weighted by Gasteiger charge is 2.27. The van der Waals surface area contributed by atoms with Crippen LogP contribution in [0.3, 0.4) is 0 Å². The Morgan fingerprint density at radius 2 is 2.12 bits per heavy atom. The molecule has 24 heavy (non-hydrogen) atoms. The molecule has 6 heteroatoms. The van der Waals surface area contributed by atoms with E-state index in [2.05, 4.69) is 39.0 Å². The van der Waals surface area contributed by atoms with Crippen molar-refractivity contribution in [3.05, 3.63) is 67.2 Å². The van der Waals surface area contributed by atoms with Gasteiger partial charge in [0.25, 0.3) is 0 Å². The molecule has 1 fully saturated rings. The molecule has 3 nitrogen and oxygen atoms in total. The number of likely N-dealkylation sites (tertiary alicyclic amines) is 1. The molecule has 2 heterocycles. The van der Waals surface area contributed by atoms with Crippen LogP contribution in [-0.4, -0.2) is 16.0 Å². The molecule has 1 saturated heterocycles. The van der Waals surface area contributed by atoms with Gasteiger partial charge in [0, 0.05) is 22.1 Å². The van der Waals surface area contributed by atoms with E-state index >= 15 is 0 Å². The van der Waals surface area contributed by atoms with Gasteiger partial charge >= 0.3 is 4.87 Å². The molecule has 1 aliphatic heterocycles. The van der Waals surface area contributed by atoms with Crippen LogP contribution in [0.1, 0.15) is 24.4 Å². The Labute approximate surface area is 157 Å². The number of rotatable bonds is 3. The second-order valence-electron chi connectivity index (χ2n) is 6.07. The quantitative estimate of drug-likeness (QED) is 0.573. The molecular weight excluding hydrogens is 408 g/mol. The highest BCUT2D eigenvalue weighted by molar-refractivity contribution is 9.10. The first-order valence-electron chi connectivity index (χ1n) is 7.90. The standard InChI is InChI=1S/C18H16BrClN2OS/c19-13-4-1-3-12(9-13)15-5-2-8-21(15)11-22-16-10-14(20)6-7-17(16)24-18(22)23/h1,3-4,6-7,9-10,15H,2,5,8,11H2. The third kappa shape index (κ3) is 3.06. The van der Waals surface area contributed by atoms with E-state index in [9.17, 15) is 4.79 Å². The summed E-state index contributed by atoms with van der Waals surface area (Å²) in [4.78, 5) is 14.9. The lowest BCUT2D eigenvalue weighted by Crippen LogP contribution is -2.30. The number of halogens is 2. The third-order valence-electron chi connectivity index (χ3n) is 4.55. The van der Waals surface area contributed by atoms with Crippen molar-refractivity contribution in [2.24, 2.45) is 0 Å². The second-order valence-corrected chi connectivity index (χ2v) is 8.42. The minimum atomic E-state index is 0.0761. The predicted octanol–water partition coefficient (Wildman–Crippen LogP) is 5.27. The molecule has 0 aliphatic carbocycles. The Bertz CT molecular complexity index is 952. The maximum Gasteiger partial charge on any atom is 0.309 e. The number of hydrogen-bond donors (Lipinski definition) is 0. The zero-order valence-corrected chi connectivity index (χ0v) is 16.1. The summed E-state index contributed by atoms with van der Waals surface area (Å²) >= 11 is 11.0. The molecule has 0 radical (unpaired) electrons. The summed E-state index contributed by atoms with van der Waals surface area (Å²) in [5, 5.41) is 0.666. The largest absolute Gasteiger partial charge is 0.309 e. The number of hydrogen-bond acceptors (Lipinski definition) is 3. The zero-order valence-electron chi connectivity index (χ0n) is 12.9. The Hall–Kier alpha value is -1.14. The smallest absolute Gasteiger partial charge is 0.285 e. The number of aromatic nitrogens is 1. The van der Waals surface area contributed by atoms with Crippen molar-refractivity contribution in [1.82, 2.24) is 9.47 Å². The van der Waals surface area contributed by atoms with Crippen molar-refractivity contribution in [3.63, 3.8) is 0 Å². The van der Waals surface area contributed by atoms with Crippen LogP contribution in [0.4, 0.5) is 0 Å². The van der Waals surface area contributed by atoms with Crippen molar-refractivity contribution >= 4 is 49.1 Å². The van der Waals surface area contributed by atoms with E-state index in [4.69, 9.17) is 11.6 Å². The van der Waals surface area contributed by atoms with Gasteiger partial charge in [0.15, 0.2) is 0 Å². The lowest BCUT2D eigenvalue weighted by atomic mass is 10.1. The fourth-order valence-corrected chi connectivity index (χ4v) is 4.89. The highest BCUT2D eigenvalue weighted by atomic mass is 79.9. The fraction of sp³-hybridized carbons (Fsp3) is 0.278. The van der Waals surface area contributed by atoms with E-state index in [0.29, 0.717) is 17.7 Å². The van der Waals surface area contributed by atoms with Gasteiger partial charge in [0.2, 0.25) is 0 Å². The van der Waals surface area contributed by atoms with Gasteiger partial charge in [0.1, 0.15) is 0 Å². The molecule has 0 amide bonds. The molecular formula is C18H16BrClN2OS. The summed E-state index contributed by atoms with van der Waals surface area (Å²) in [5.41, 5.74) is 2.23. The average Bonchev–Trinajstić information content (AvgIpc) is 3.13. The van der Waals surface area contributed by atoms with Crippen LogP contribution in [0.5, 0.6) is 0 Å². The van der Waals surface area contributed by atoms with Gasteiger partial charge in [-0.2, -0.15) is 0 Å². The molecule has 1 aromatic heterocycles. The fourth-order valence-electron chi connectivity index (χ4n) is 3.44. The maximum absolute atomic E-state index is 12.4. The topological polar surface area (TPSA) is 25.2 Å². The summed E-state index contributed by atoms with van der Waals surface area (Å²) in [6.07, 6.45) is 2.27. The van der Waals surface area contributed by atoms with Crippen molar-refractivity contribution in [2.45, 2.75) is 25.6 Å². The molecule has 3 aromatic rings. The number of thiazole rings is 1. The van der Waals surface area contributed by atoms with Crippen LogP contribution in [0.25, 0.3) is 10.2 Å². The van der Waals surface area contributed by atoms with Gasteiger partial charge < -0.3 is 0 Å². The second kappa shape index (κ2) is 6.64. The average molecular weight is 424 g/mol. The Balaban J connectivity index is 1.68. The lowest BCUT2D eigenvalue weighted by Gasteiger charge is -2.25. The first-order chi connectivity index (χ1) is 11.6. The number of fused-ring (bicyclic) bond motifs is 1. The highest BCUT2D eigenvalue weighted by Crippen LogP contribution is 2.34. The molecule has 0 saturated carbocycles. The van der Waals surface area contributed by atoms with Gasteiger partial charge in [-0.15, -0.1) is 0 Å². The van der Waals surface area contributed by atoms with E-state index in [1.54, 1.807) is 0 Å². The van der Waals surface area contributed by atoms with E-state index in [0.717, 1.165) is 34.1 Å². The molecule has 124 valence electrons. The summed E-state index contributed by atoms with van der Waals surface area (Å²) in [6.45, 7) is 1.61. The first kappa shape index (κ1) is 16.3. The normalized spacial score (nSPS) is 18.5. The van der Waals surface area contributed by atoms with Gasteiger partial charge in [-0.3, -0.25) is 14.3 Å². The van der Waals surface area contributed by atoms with Gasteiger partial charge in [-0.05, 0) is 48.7 Å². The van der Waals surface area contributed by atoms with E-state index in [-0.39, 0.29) is 4.87 Å². The minimum Gasteiger partial charge on any atom is -0.285 e. The predicted molar refractivity (Wildman–Crippen MR) is 104 cm³/mol. The van der Waals surface area contributed by atoms with E-state index < -0.39 is 0 Å². The molecule has 0 spiro atoms. The van der Waals surface area contributed by atoms with Crippen LogP contribution in [0.15, 0.2) is 51.7 Å². The summed E-state index contributed by atoms with van der Waals surface area (Å²) < 4.78 is 3.93. The third-order valence-corrected chi connectivity index (χ3v) is 6.24. The summed E-state index contributed by atoms with van der Waals surface area (Å²) in [7, 11) is 0. The Morgan fingerprint density at radius 3 is 2.96 bits per heavy atom. The molecule has 0 bridgehead atoms. The monoisotopic (exact) mass is 422 g/mol. The number of nitrogens with zero attached hydrogens (tertiary/aromatic N) is 2. The SMILES string of the molecule is O=c1sc2ccc(Cl)cc2n1CN1CCCC1c1cccc(Br)c1. The Morgan fingerprint density at radius 1 is 1.25 bits per heavy atom. The van der Waals surface area contributed by atoms with Crippen LogP contribution in [0, 0.1) is 0 Å². The van der Waals surface area contributed by atoms with Crippen molar-refractivity contribution in [1.29, 1.82) is 0 Å². The zero-order chi connectivity index (χ0) is 16.7. The van der Waals surface area contributed by atoms with Crippen molar-refractivity contribution in [2.75, 3.05) is 6.54 Å². The van der Waals surface area contributed by atoms with E-state index in [1.807, 2.05) is 28.8 Å². The first-order valence-corrected chi connectivity index (χ1v) is 9.89. The maximum atomic E-state index is 12.4. The summed E-state index contributed by atoms with van der Waals surface area (Å²) in [5.74, 6) is 0. The van der Waals surface area contributed by atoms with Crippen molar-refractivity contribution < 1.29 is 0 Å². The van der Waals surface area contributed by atoms with Gasteiger partial charge in [-0.25, -0.2) is 0 Å². The Kier molecular flexibility index (Phi) is 4.52.